The predicted molar refractivity (Wildman–Crippen MR) is 110 cm³/mol. The third-order valence-corrected chi connectivity index (χ3v) is 7.45. The summed E-state index contributed by atoms with van der Waals surface area (Å²) in [5.41, 5.74) is 1.06. The molecular formula is C18H28N4OS2. The standard InChI is InChI=1S/C18H28N4OS2/c1-21(2)17-6-5-15(12-19-17)20-14-4-3-8-22(9-7-14)18(23)16-13-24-10-11-25-16/h5-6,12,14,16,20H,3-4,7-11,13H2,1-2H3. The first kappa shape index (κ1) is 18.7. The fourth-order valence-electron chi connectivity index (χ4n) is 3.27. The third-order valence-electron chi connectivity index (χ3n) is 4.71. The Morgan fingerprint density at radius 2 is 2.16 bits per heavy atom. The molecule has 2 atom stereocenters. The maximum atomic E-state index is 12.7. The molecule has 0 saturated carbocycles. The van der Waals surface area contributed by atoms with Gasteiger partial charge in [-0.05, 0) is 31.4 Å². The quantitative estimate of drug-likeness (QED) is 0.867. The molecule has 2 unspecified atom stereocenters. The van der Waals surface area contributed by atoms with E-state index in [0.29, 0.717) is 11.9 Å². The highest BCUT2D eigenvalue weighted by molar-refractivity contribution is 8.07. The molecule has 25 heavy (non-hydrogen) atoms. The SMILES string of the molecule is CN(C)c1ccc(NC2CCCN(C(=O)C3CSCCS3)CC2)cn1. The minimum absolute atomic E-state index is 0.172. The Hall–Kier alpha value is -1.08. The number of carbonyl (C=O) groups is 1. The Labute approximate surface area is 159 Å². The van der Waals surface area contributed by atoms with E-state index in [1.165, 1.54) is 5.75 Å². The number of carbonyl (C=O) groups excluding carboxylic acids is 1. The third kappa shape index (κ3) is 5.20. The number of nitrogens with one attached hydrogen (secondary N) is 1. The Kier molecular flexibility index (Phi) is 6.76. The van der Waals surface area contributed by atoms with Crippen LogP contribution in [0.25, 0.3) is 0 Å². The molecule has 7 heteroatoms. The largest absolute Gasteiger partial charge is 0.381 e. The molecule has 5 nitrogen and oxygen atoms in total. The van der Waals surface area contributed by atoms with Crippen LogP contribution in [0, 0.1) is 0 Å². The Bertz CT molecular complexity index is 561. The van der Waals surface area contributed by atoms with Gasteiger partial charge in [0, 0.05) is 50.5 Å². The van der Waals surface area contributed by atoms with Crippen molar-refractivity contribution in [2.45, 2.75) is 30.6 Å². The van der Waals surface area contributed by atoms with Gasteiger partial charge in [0.2, 0.25) is 5.91 Å². The molecule has 3 rings (SSSR count). The first-order valence-electron chi connectivity index (χ1n) is 9.01. The second kappa shape index (κ2) is 9.03. The summed E-state index contributed by atoms with van der Waals surface area (Å²) in [5, 5.41) is 3.77. The first-order chi connectivity index (χ1) is 12.1. The number of thioether (sulfide) groups is 2. The van der Waals surface area contributed by atoms with E-state index >= 15 is 0 Å². The highest BCUT2D eigenvalue weighted by Gasteiger charge is 2.28. The lowest BCUT2D eigenvalue weighted by Gasteiger charge is -2.28. The van der Waals surface area contributed by atoms with Gasteiger partial charge in [-0.15, -0.1) is 11.8 Å². The minimum Gasteiger partial charge on any atom is -0.381 e. The molecule has 0 spiro atoms. The van der Waals surface area contributed by atoms with Crippen LogP contribution in [0.1, 0.15) is 19.3 Å². The lowest BCUT2D eigenvalue weighted by molar-refractivity contribution is -0.130. The van der Waals surface area contributed by atoms with Crippen molar-refractivity contribution in [2.24, 2.45) is 0 Å². The van der Waals surface area contributed by atoms with E-state index in [2.05, 4.69) is 21.3 Å². The average Bonchev–Trinajstić information content (AvgIpc) is 2.88. The number of hydrogen-bond acceptors (Lipinski definition) is 6. The molecule has 1 N–H and O–H groups in total. The van der Waals surface area contributed by atoms with Crippen LogP contribution in [0.4, 0.5) is 11.5 Å². The fraction of sp³-hybridized carbons (Fsp3) is 0.667. The fourth-order valence-corrected chi connectivity index (χ4v) is 5.90. The second-order valence-electron chi connectivity index (χ2n) is 6.83. The van der Waals surface area contributed by atoms with Gasteiger partial charge in [0.05, 0.1) is 17.1 Å². The van der Waals surface area contributed by atoms with Gasteiger partial charge < -0.3 is 15.1 Å². The monoisotopic (exact) mass is 380 g/mol. The van der Waals surface area contributed by atoms with Crippen LogP contribution in [0.5, 0.6) is 0 Å². The van der Waals surface area contributed by atoms with Crippen molar-refractivity contribution in [1.82, 2.24) is 9.88 Å². The van der Waals surface area contributed by atoms with Gasteiger partial charge in [0.1, 0.15) is 5.82 Å². The zero-order valence-electron chi connectivity index (χ0n) is 15.1. The Balaban J connectivity index is 1.51. The molecular weight excluding hydrogens is 352 g/mol. The Morgan fingerprint density at radius 3 is 2.84 bits per heavy atom. The molecule has 2 fully saturated rings. The van der Waals surface area contributed by atoms with E-state index in [-0.39, 0.29) is 5.25 Å². The summed E-state index contributed by atoms with van der Waals surface area (Å²) in [4.78, 5) is 21.3. The van der Waals surface area contributed by atoms with Crippen LogP contribution in [0.2, 0.25) is 0 Å². The second-order valence-corrected chi connectivity index (χ2v) is 9.29. The van der Waals surface area contributed by atoms with Crippen molar-refractivity contribution in [3.05, 3.63) is 18.3 Å². The number of rotatable bonds is 4. The normalized spacial score (nSPS) is 24.5. The van der Waals surface area contributed by atoms with Gasteiger partial charge >= 0.3 is 0 Å². The molecule has 2 saturated heterocycles. The summed E-state index contributed by atoms with van der Waals surface area (Å²) in [6.45, 7) is 1.76. The minimum atomic E-state index is 0.172. The van der Waals surface area contributed by atoms with Gasteiger partial charge in [-0.3, -0.25) is 4.79 Å². The van der Waals surface area contributed by atoms with Crippen LogP contribution in [0.15, 0.2) is 18.3 Å². The maximum Gasteiger partial charge on any atom is 0.236 e. The molecule has 2 aliphatic heterocycles. The number of pyridine rings is 1. The highest BCUT2D eigenvalue weighted by atomic mass is 32.2. The van der Waals surface area contributed by atoms with Gasteiger partial charge in [0.15, 0.2) is 0 Å². The van der Waals surface area contributed by atoms with Gasteiger partial charge in [-0.25, -0.2) is 4.98 Å². The number of likely N-dealkylation sites (tertiary alicyclic amines) is 1. The van der Waals surface area contributed by atoms with E-state index in [9.17, 15) is 4.79 Å². The smallest absolute Gasteiger partial charge is 0.236 e. The number of aromatic nitrogens is 1. The van der Waals surface area contributed by atoms with E-state index in [1.807, 2.05) is 54.8 Å². The van der Waals surface area contributed by atoms with Gasteiger partial charge in [0.25, 0.3) is 0 Å². The van der Waals surface area contributed by atoms with E-state index in [4.69, 9.17) is 0 Å². The molecule has 138 valence electrons. The number of amides is 1. The number of anilines is 2. The lowest BCUT2D eigenvalue weighted by Crippen LogP contribution is -2.41. The summed E-state index contributed by atoms with van der Waals surface area (Å²) in [6.07, 6.45) is 5.08. The summed E-state index contributed by atoms with van der Waals surface area (Å²) in [7, 11) is 3.99. The van der Waals surface area contributed by atoms with Crippen LogP contribution in [0.3, 0.4) is 0 Å². The molecule has 1 aromatic heterocycles. The van der Waals surface area contributed by atoms with Crippen molar-refractivity contribution >= 4 is 40.9 Å². The van der Waals surface area contributed by atoms with E-state index in [0.717, 1.165) is 55.4 Å². The van der Waals surface area contributed by atoms with Crippen molar-refractivity contribution in [2.75, 3.05) is 54.7 Å². The molecule has 0 radical (unpaired) electrons. The highest BCUT2D eigenvalue weighted by Crippen LogP contribution is 2.27. The molecule has 0 aromatic carbocycles. The van der Waals surface area contributed by atoms with Gasteiger partial charge in [-0.1, -0.05) is 0 Å². The summed E-state index contributed by atoms with van der Waals surface area (Å²) < 4.78 is 0. The Morgan fingerprint density at radius 1 is 1.28 bits per heavy atom. The summed E-state index contributed by atoms with van der Waals surface area (Å²) in [5.74, 6) is 4.59. The molecule has 3 heterocycles. The van der Waals surface area contributed by atoms with Crippen molar-refractivity contribution in [1.29, 1.82) is 0 Å². The van der Waals surface area contributed by atoms with E-state index < -0.39 is 0 Å². The maximum absolute atomic E-state index is 12.7. The summed E-state index contributed by atoms with van der Waals surface area (Å²) in [6, 6.07) is 4.54. The first-order valence-corrected chi connectivity index (χ1v) is 11.2. The molecule has 0 bridgehead atoms. The van der Waals surface area contributed by atoms with E-state index in [1.54, 1.807) is 0 Å². The lowest BCUT2D eigenvalue weighted by atomic mass is 10.1. The predicted octanol–water partition coefficient (Wildman–Crippen LogP) is 2.79. The molecule has 2 aliphatic rings. The van der Waals surface area contributed by atoms with Gasteiger partial charge in [-0.2, -0.15) is 11.8 Å². The number of hydrogen-bond donors (Lipinski definition) is 1. The molecule has 1 amide bonds. The molecule has 0 aliphatic carbocycles. The van der Waals surface area contributed by atoms with Crippen LogP contribution in [-0.2, 0) is 4.79 Å². The zero-order chi connectivity index (χ0) is 17.6. The summed E-state index contributed by atoms with van der Waals surface area (Å²) >= 11 is 3.75. The van der Waals surface area contributed by atoms with Crippen molar-refractivity contribution in [3.8, 4) is 0 Å². The number of nitrogens with zero attached hydrogens (tertiary/aromatic N) is 3. The topological polar surface area (TPSA) is 48.5 Å². The van der Waals surface area contributed by atoms with Crippen LogP contribution >= 0.6 is 23.5 Å². The molecule has 1 aromatic rings. The van der Waals surface area contributed by atoms with Crippen molar-refractivity contribution < 1.29 is 4.79 Å². The van der Waals surface area contributed by atoms with Crippen molar-refractivity contribution in [3.63, 3.8) is 0 Å². The average molecular weight is 381 g/mol. The van der Waals surface area contributed by atoms with Crippen LogP contribution < -0.4 is 10.2 Å². The van der Waals surface area contributed by atoms with Crippen LogP contribution in [-0.4, -0.2) is 71.5 Å². The zero-order valence-corrected chi connectivity index (χ0v) is 16.7.